The minimum atomic E-state index is 0.393. The second-order valence-corrected chi connectivity index (χ2v) is 12.4. The normalized spacial score (nSPS) is 17.1. The third-order valence-electron chi connectivity index (χ3n) is 7.12. The monoisotopic (exact) mass is 538 g/mol. The van der Waals surface area contributed by atoms with Gasteiger partial charge in [0.15, 0.2) is 0 Å². The zero-order valence-electron chi connectivity index (χ0n) is 23.2. The molecule has 0 fully saturated rings. The predicted octanol–water partition coefficient (Wildman–Crippen LogP) is 9.90. The fourth-order valence-electron chi connectivity index (χ4n) is 5.87. The maximum absolute atomic E-state index is 5.67. The molecule has 34 heavy (non-hydrogen) atoms. The Kier molecular flexibility index (Phi) is 18.4. The van der Waals surface area contributed by atoms with Gasteiger partial charge in [0.25, 0.3) is 0 Å². The highest BCUT2D eigenvalue weighted by molar-refractivity contribution is 9.09. The van der Waals surface area contributed by atoms with Gasteiger partial charge >= 0.3 is 0 Å². The van der Waals surface area contributed by atoms with Gasteiger partial charge in [0.2, 0.25) is 0 Å². The Balaban J connectivity index is 2.07. The van der Waals surface area contributed by atoms with Crippen molar-refractivity contribution in [1.82, 2.24) is 0 Å². The molecule has 0 saturated heterocycles. The lowest BCUT2D eigenvalue weighted by atomic mass is 9.81. The van der Waals surface area contributed by atoms with Crippen LogP contribution in [0.4, 0.5) is 0 Å². The smallest absolute Gasteiger partial charge is 0.147 e. The highest BCUT2D eigenvalue weighted by Crippen LogP contribution is 2.29. The van der Waals surface area contributed by atoms with Crippen molar-refractivity contribution in [2.75, 3.05) is 18.7 Å². The minimum Gasteiger partial charge on any atom is -0.355 e. The van der Waals surface area contributed by atoms with Gasteiger partial charge in [-0.05, 0) is 98.9 Å². The summed E-state index contributed by atoms with van der Waals surface area (Å²) in [5.41, 5.74) is 1.20. The van der Waals surface area contributed by atoms with Gasteiger partial charge in [0.05, 0.1) is 6.61 Å². The first-order valence-electron chi connectivity index (χ1n) is 14.0. The minimum absolute atomic E-state index is 0.393. The summed E-state index contributed by atoms with van der Waals surface area (Å²) >= 11 is 3.57. The summed E-state index contributed by atoms with van der Waals surface area (Å²) in [6, 6.07) is 10.3. The molecular formula is C31H55BrO2. The van der Waals surface area contributed by atoms with Crippen LogP contribution in [0.3, 0.4) is 0 Å². The summed E-state index contributed by atoms with van der Waals surface area (Å²) in [6.07, 6.45) is 11.9. The Morgan fingerprint density at radius 2 is 1.09 bits per heavy atom. The predicted molar refractivity (Wildman–Crippen MR) is 152 cm³/mol. The van der Waals surface area contributed by atoms with E-state index in [1.807, 2.05) is 18.2 Å². The molecule has 0 spiro atoms. The van der Waals surface area contributed by atoms with Crippen molar-refractivity contribution in [1.29, 1.82) is 0 Å². The van der Waals surface area contributed by atoms with Crippen LogP contribution in [0.25, 0.3) is 0 Å². The molecule has 0 bridgehead atoms. The molecule has 0 N–H and O–H groups in total. The third kappa shape index (κ3) is 17.1. The van der Waals surface area contributed by atoms with Crippen molar-refractivity contribution in [3.63, 3.8) is 0 Å². The molecular weight excluding hydrogens is 484 g/mol. The van der Waals surface area contributed by atoms with Crippen molar-refractivity contribution in [2.45, 2.75) is 106 Å². The van der Waals surface area contributed by atoms with E-state index in [1.54, 1.807) is 0 Å². The summed E-state index contributed by atoms with van der Waals surface area (Å²) in [6.45, 7) is 16.5. The van der Waals surface area contributed by atoms with E-state index in [-0.39, 0.29) is 0 Å². The highest BCUT2D eigenvalue weighted by atomic mass is 79.9. The van der Waals surface area contributed by atoms with Crippen LogP contribution in [0.15, 0.2) is 30.3 Å². The summed E-state index contributed by atoms with van der Waals surface area (Å²) in [5.74, 6) is 4.99. The standard InChI is InChI=1S/C31H55BrO2/c1-25(12-10-16-32)18-27(3)20-29(5)22-30(6)21-28(4)19-26(2)13-11-17-33-24-34-23-31-14-8-7-9-15-31/h7-9,14-15,25-30H,10-13,16-24H2,1-6H3. The molecule has 1 rings (SSSR count). The second kappa shape index (κ2) is 19.8. The average Bonchev–Trinajstić information content (AvgIpc) is 2.77. The highest BCUT2D eigenvalue weighted by Gasteiger charge is 2.17. The molecule has 198 valence electrons. The molecule has 0 aliphatic carbocycles. The first-order valence-corrected chi connectivity index (χ1v) is 15.2. The van der Waals surface area contributed by atoms with E-state index in [0.29, 0.717) is 13.4 Å². The van der Waals surface area contributed by atoms with Crippen LogP contribution in [0.1, 0.15) is 105 Å². The number of hydrogen-bond acceptors (Lipinski definition) is 2. The molecule has 6 atom stereocenters. The lowest BCUT2D eigenvalue weighted by molar-refractivity contribution is -0.0628. The molecule has 6 unspecified atom stereocenters. The Bertz CT molecular complexity index is 578. The van der Waals surface area contributed by atoms with Crippen molar-refractivity contribution >= 4 is 15.9 Å². The largest absolute Gasteiger partial charge is 0.355 e. The van der Waals surface area contributed by atoms with Crippen LogP contribution in [0.2, 0.25) is 0 Å². The van der Waals surface area contributed by atoms with Crippen molar-refractivity contribution in [3.05, 3.63) is 35.9 Å². The Hall–Kier alpha value is -0.380. The molecule has 0 aromatic heterocycles. The Morgan fingerprint density at radius 3 is 1.59 bits per heavy atom. The third-order valence-corrected chi connectivity index (χ3v) is 7.68. The van der Waals surface area contributed by atoms with Crippen LogP contribution < -0.4 is 0 Å². The Labute approximate surface area is 221 Å². The fraction of sp³-hybridized carbons (Fsp3) is 0.806. The summed E-state index contributed by atoms with van der Waals surface area (Å²) in [7, 11) is 0. The Morgan fingerprint density at radius 1 is 0.618 bits per heavy atom. The van der Waals surface area contributed by atoms with Gasteiger partial charge in [0, 0.05) is 11.9 Å². The SMILES string of the molecule is CC(CCCBr)CC(C)CC(C)CC(C)CC(C)CC(C)CCCOCOCc1ccccc1. The lowest BCUT2D eigenvalue weighted by Gasteiger charge is -2.25. The first kappa shape index (κ1) is 31.6. The molecule has 3 heteroatoms. The van der Waals surface area contributed by atoms with Crippen LogP contribution in [-0.4, -0.2) is 18.7 Å². The quantitative estimate of drug-likeness (QED) is 0.0879. The molecule has 0 saturated carbocycles. The maximum atomic E-state index is 5.67. The van der Waals surface area contributed by atoms with Crippen molar-refractivity contribution < 1.29 is 9.47 Å². The number of halogens is 1. The first-order chi connectivity index (χ1) is 16.3. The molecule has 0 aliphatic rings. The molecule has 0 heterocycles. The number of rotatable bonds is 21. The topological polar surface area (TPSA) is 18.5 Å². The second-order valence-electron chi connectivity index (χ2n) is 11.6. The van der Waals surface area contributed by atoms with Gasteiger partial charge in [-0.2, -0.15) is 0 Å². The van der Waals surface area contributed by atoms with Gasteiger partial charge in [0.1, 0.15) is 6.79 Å². The zero-order chi connectivity index (χ0) is 25.2. The number of hydrogen-bond donors (Lipinski definition) is 0. The van der Waals surface area contributed by atoms with E-state index in [0.717, 1.165) is 53.9 Å². The zero-order valence-corrected chi connectivity index (χ0v) is 24.8. The van der Waals surface area contributed by atoms with E-state index < -0.39 is 0 Å². The van der Waals surface area contributed by atoms with Gasteiger partial charge < -0.3 is 9.47 Å². The van der Waals surface area contributed by atoms with Gasteiger partial charge in [-0.1, -0.05) is 87.8 Å². The number of ether oxygens (including phenoxy) is 2. The number of benzene rings is 1. The van der Waals surface area contributed by atoms with E-state index in [4.69, 9.17) is 9.47 Å². The molecule has 0 aliphatic heterocycles. The summed E-state index contributed by atoms with van der Waals surface area (Å²) in [5, 5.41) is 1.15. The maximum Gasteiger partial charge on any atom is 0.147 e. The summed E-state index contributed by atoms with van der Waals surface area (Å²) < 4.78 is 11.3. The van der Waals surface area contributed by atoms with Crippen LogP contribution >= 0.6 is 15.9 Å². The fourth-order valence-corrected chi connectivity index (χ4v) is 6.19. The molecule has 0 radical (unpaired) electrons. The van der Waals surface area contributed by atoms with Crippen molar-refractivity contribution in [2.24, 2.45) is 35.5 Å². The van der Waals surface area contributed by atoms with Gasteiger partial charge in [-0.25, -0.2) is 0 Å². The molecule has 1 aromatic carbocycles. The van der Waals surface area contributed by atoms with Gasteiger partial charge in [-0.15, -0.1) is 0 Å². The number of alkyl halides is 1. The lowest BCUT2D eigenvalue weighted by Crippen LogP contribution is -2.13. The van der Waals surface area contributed by atoms with Crippen molar-refractivity contribution in [3.8, 4) is 0 Å². The van der Waals surface area contributed by atoms with E-state index in [1.165, 1.54) is 56.9 Å². The summed E-state index contributed by atoms with van der Waals surface area (Å²) in [4.78, 5) is 0. The van der Waals surface area contributed by atoms with Crippen LogP contribution in [-0.2, 0) is 16.1 Å². The average molecular weight is 540 g/mol. The van der Waals surface area contributed by atoms with E-state index in [9.17, 15) is 0 Å². The van der Waals surface area contributed by atoms with E-state index >= 15 is 0 Å². The van der Waals surface area contributed by atoms with Crippen LogP contribution in [0.5, 0.6) is 0 Å². The van der Waals surface area contributed by atoms with E-state index in [2.05, 4.69) is 69.6 Å². The van der Waals surface area contributed by atoms with Crippen LogP contribution in [0, 0.1) is 35.5 Å². The molecule has 0 amide bonds. The molecule has 1 aromatic rings. The van der Waals surface area contributed by atoms with Gasteiger partial charge in [-0.3, -0.25) is 0 Å². The molecule has 2 nitrogen and oxygen atoms in total.